The Morgan fingerprint density at radius 2 is 2.06 bits per heavy atom. The Morgan fingerprint density at radius 1 is 1.33 bits per heavy atom. The third-order valence-corrected chi connectivity index (χ3v) is 5.24. The average molecular weight is 312 g/mol. The fourth-order valence-electron chi connectivity index (χ4n) is 2.52. The topological polar surface area (TPSA) is 38.1 Å². The van der Waals surface area contributed by atoms with Gasteiger partial charge in [-0.05, 0) is 31.1 Å². The zero-order valence-corrected chi connectivity index (χ0v) is 12.0. The summed E-state index contributed by atoms with van der Waals surface area (Å²) in [6.07, 6.45) is 6.67. The van der Waals surface area contributed by atoms with Gasteiger partial charge in [-0.15, -0.1) is 0 Å². The summed E-state index contributed by atoms with van der Waals surface area (Å²) in [5, 5.41) is 5.30. The zero-order chi connectivity index (χ0) is 12.6. The fraction of sp³-hybridized carbons (Fsp3) is 0.692. The van der Waals surface area contributed by atoms with Crippen LogP contribution in [0.3, 0.4) is 0 Å². The van der Waals surface area contributed by atoms with Crippen LogP contribution in [-0.2, 0) is 6.54 Å². The first kappa shape index (κ1) is 12.2. The first-order chi connectivity index (χ1) is 8.72. The molecule has 1 aromatic heterocycles. The minimum Gasteiger partial charge on any atom is -0.370 e. The summed E-state index contributed by atoms with van der Waals surface area (Å²) in [7, 11) is 0. The Balaban J connectivity index is 1.78. The summed E-state index contributed by atoms with van der Waals surface area (Å²) in [5.74, 6) is 0. The number of rotatable bonds is 4. The molecule has 2 heterocycles. The van der Waals surface area contributed by atoms with Gasteiger partial charge < -0.3 is 4.90 Å². The maximum absolute atomic E-state index is 12.1. The maximum Gasteiger partial charge on any atom is 0.268 e. The van der Waals surface area contributed by atoms with Gasteiger partial charge in [0.2, 0.25) is 0 Å². The van der Waals surface area contributed by atoms with Crippen molar-refractivity contribution in [2.45, 2.75) is 32.2 Å². The lowest BCUT2D eigenvalue weighted by molar-refractivity contribution is 0.426. The molecule has 1 aromatic rings. The number of nitrogens with zero attached hydrogens (tertiary/aromatic N) is 3. The highest BCUT2D eigenvalue weighted by Crippen LogP contribution is 2.48. The van der Waals surface area contributed by atoms with Crippen molar-refractivity contribution in [1.29, 1.82) is 0 Å². The predicted molar refractivity (Wildman–Crippen MR) is 75.4 cm³/mol. The van der Waals surface area contributed by atoms with E-state index in [0.29, 0.717) is 0 Å². The van der Waals surface area contributed by atoms with Crippen LogP contribution in [0.15, 0.2) is 17.1 Å². The molecule has 0 N–H and O–H groups in total. The van der Waals surface area contributed by atoms with Crippen molar-refractivity contribution in [3.63, 3.8) is 0 Å². The molecule has 98 valence electrons. The van der Waals surface area contributed by atoms with Gasteiger partial charge in [-0.25, -0.2) is 4.68 Å². The van der Waals surface area contributed by atoms with Gasteiger partial charge >= 0.3 is 0 Å². The molecule has 4 nitrogen and oxygen atoms in total. The molecule has 0 unspecified atom stereocenters. The Labute approximate surface area is 115 Å². The summed E-state index contributed by atoms with van der Waals surface area (Å²) >= 11 is 3.53. The number of anilines is 1. The van der Waals surface area contributed by atoms with E-state index in [1.54, 1.807) is 10.7 Å². The molecule has 1 saturated heterocycles. The normalized spacial score (nSPS) is 21.3. The molecule has 0 bridgehead atoms. The van der Waals surface area contributed by atoms with Crippen molar-refractivity contribution in [2.24, 2.45) is 5.41 Å². The van der Waals surface area contributed by atoms with Crippen molar-refractivity contribution in [3.8, 4) is 0 Å². The minimum atomic E-state index is 0.0339. The average Bonchev–Trinajstić information content (AvgIpc) is 2.94. The Hall–Kier alpha value is -0.840. The van der Waals surface area contributed by atoms with Crippen LogP contribution in [0.2, 0.25) is 0 Å². The van der Waals surface area contributed by atoms with Crippen LogP contribution in [0.5, 0.6) is 0 Å². The second kappa shape index (κ2) is 4.68. The fourth-order valence-corrected chi connectivity index (χ4v) is 3.26. The Morgan fingerprint density at radius 3 is 2.61 bits per heavy atom. The SMILES string of the molecule is O=c1cc(N2CCCC2)cnn1CC1(CBr)CC1. The van der Waals surface area contributed by atoms with Gasteiger partial charge in [0.1, 0.15) is 0 Å². The van der Waals surface area contributed by atoms with Gasteiger partial charge in [0.25, 0.3) is 5.56 Å². The van der Waals surface area contributed by atoms with Crippen LogP contribution in [0.25, 0.3) is 0 Å². The largest absolute Gasteiger partial charge is 0.370 e. The number of hydrogen-bond donors (Lipinski definition) is 0. The van der Waals surface area contributed by atoms with Crippen LogP contribution in [-0.4, -0.2) is 28.2 Å². The van der Waals surface area contributed by atoms with Gasteiger partial charge in [-0.1, -0.05) is 15.9 Å². The second-order valence-electron chi connectivity index (χ2n) is 5.54. The lowest BCUT2D eigenvalue weighted by Crippen LogP contribution is -2.29. The molecule has 1 saturated carbocycles. The van der Waals surface area contributed by atoms with Crippen molar-refractivity contribution in [3.05, 3.63) is 22.6 Å². The van der Waals surface area contributed by atoms with Crippen LogP contribution in [0, 0.1) is 5.41 Å². The van der Waals surface area contributed by atoms with Gasteiger partial charge in [-0.3, -0.25) is 4.79 Å². The highest BCUT2D eigenvalue weighted by atomic mass is 79.9. The monoisotopic (exact) mass is 311 g/mol. The minimum absolute atomic E-state index is 0.0339. The molecule has 0 radical (unpaired) electrons. The van der Waals surface area contributed by atoms with Gasteiger partial charge in [0.15, 0.2) is 0 Å². The predicted octanol–water partition coefficient (Wildman–Crippen LogP) is 2.02. The molecule has 2 aliphatic rings. The highest BCUT2D eigenvalue weighted by molar-refractivity contribution is 9.09. The van der Waals surface area contributed by atoms with E-state index in [1.165, 1.54) is 25.7 Å². The van der Waals surface area contributed by atoms with Crippen LogP contribution >= 0.6 is 15.9 Å². The standard InChI is InChI=1S/C13H18BrN3O/c14-9-13(3-4-13)10-17-12(18)7-11(8-15-17)16-5-1-2-6-16/h7-8H,1-6,9-10H2. The van der Waals surface area contributed by atoms with Crippen LogP contribution in [0.1, 0.15) is 25.7 Å². The van der Waals surface area contributed by atoms with E-state index in [2.05, 4.69) is 25.9 Å². The summed E-state index contributed by atoms with van der Waals surface area (Å²) in [6.45, 7) is 2.85. The van der Waals surface area contributed by atoms with Crippen molar-refractivity contribution in [1.82, 2.24) is 9.78 Å². The van der Waals surface area contributed by atoms with Crippen molar-refractivity contribution in [2.75, 3.05) is 23.3 Å². The van der Waals surface area contributed by atoms with E-state index in [0.717, 1.165) is 30.7 Å². The maximum atomic E-state index is 12.1. The van der Waals surface area contributed by atoms with E-state index < -0.39 is 0 Å². The van der Waals surface area contributed by atoms with Crippen molar-refractivity contribution < 1.29 is 0 Å². The summed E-state index contributed by atoms with van der Waals surface area (Å²) in [6, 6.07) is 1.74. The van der Waals surface area contributed by atoms with E-state index in [4.69, 9.17) is 0 Å². The summed E-state index contributed by atoms with van der Waals surface area (Å²) in [5.41, 5.74) is 1.30. The third-order valence-electron chi connectivity index (χ3n) is 4.05. The third kappa shape index (κ3) is 2.32. The van der Waals surface area contributed by atoms with Gasteiger partial charge in [-0.2, -0.15) is 5.10 Å². The molecule has 18 heavy (non-hydrogen) atoms. The molecule has 0 amide bonds. The van der Waals surface area contributed by atoms with Crippen LogP contribution < -0.4 is 10.5 Å². The number of alkyl halides is 1. The molecule has 1 aliphatic carbocycles. The molecule has 0 spiro atoms. The van der Waals surface area contributed by atoms with E-state index in [-0.39, 0.29) is 11.0 Å². The molecular formula is C13H18BrN3O. The number of aromatic nitrogens is 2. The molecule has 3 rings (SSSR count). The summed E-state index contributed by atoms with van der Waals surface area (Å²) in [4.78, 5) is 14.3. The molecule has 0 atom stereocenters. The van der Waals surface area contributed by atoms with Crippen molar-refractivity contribution >= 4 is 21.6 Å². The number of hydrogen-bond acceptors (Lipinski definition) is 3. The quantitative estimate of drug-likeness (QED) is 0.798. The van der Waals surface area contributed by atoms with Gasteiger partial charge in [0, 0.05) is 24.5 Å². The first-order valence-corrected chi connectivity index (χ1v) is 7.73. The molecule has 2 fully saturated rings. The highest BCUT2D eigenvalue weighted by Gasteiger charge is 2.42. The summed E-state index contributed by atoms with van der Waals surface area (Å²) < 4.78 is 1.62. The van der Waals surface area contributed by atoms with E-state index in [1.807, 2.05) is 6.20 Å². The molecular weight excluding hydrogens is 294 g/mol. The smallest absolute Gasteiger partial charge is 0.268 e. The second-order valence-corrected chi connectivity index (χ2v) is 6.10. The zero-order valence-electron chi connectivity index (χ0n) is 10.4. The molecule has 0 aromatic carbocycles. The number of halogens is 1. The first-order valence-electron chi connectivity index (χ1n) is 6.61. The van der Waals surface area contributed by atoms with E-state index in [9.17, 15) is 4.79 Å². The Bertz CT molecular complexity index is 489. The Kier molecular flexibility index (Phi) is 3.18. The lowest BCUT2D eigenvalue weighted by atomic mass is 10.1. The lowest BCUT2D eigenvalue weighted by Gasteiger charge is -2.18. The van der Waals surface area contributed by atoms with Crippen LogP contribution in [0.4, 0.5) is 5.69 Å². The molecule has 1 aliphatic heterocycles. The van der Waals surface area contributed by atoms with Gasteiger partial charge in [0.05, 0.1) is 18.4 Å². The molecule has 5 heteroatoms. The van der Waals surface area contributed by atoms with E-state index >= 15 is 0 Å².